The van der Waals surface area contributed by atoms with Gasteiger partial charge in [-0.25, -0.2) is 27.9 Å². The van der Waals surface area contributed by atoms with E-state index < -0.39 is 16.0 Å². The molecular formula is C15H21N5O4S2. The summed E-state index contributed by atoms with van der Waals surface area (Å²) in [6.45, 7) is 4.92. The number of aromatic nitrogens is 2. The van der Waals surface area contributed by atoms with Crippen LogP contribution < -0.4 is 15.4 Å². The second-order valence-corrected chi connectivity index (χ2v) is 7.80. The Morgan fingerprint density at radius 3 is 2.58 bits per heavy atom. The molecule has 9 nitrogen and oxygen atoms in total. The van der Waals surface area contributed by atoms with Gasteiger partial charge in [0.1, 0.15) is 27.2 Å². The summed E-state index contributed by atoms with van der Waals surface area (Å²) in [5.74, 6) is 1.22. The molecule has 2 aromatic rings. The van der Waals surface area contributed by atoms with Gasteiger partial charge in [-0.15, -0.1) is 11.3 Å². The van der Waals surface area contributed by atoms with Gasteiger partial charge in [-0.05, 0) is 25.3 Å². The van der Waals surface area contributed by atoms with Crippen molar-refractivity contribution in [3.63, 3.8) is 0 Å². The van der Waals surface area contributed by atoms with Gasteiger partial charge in [0.2, 0.25) is 10.0 Å². The van der Waals surface area contributed by atoms with Gasteiger partial charge in [0.05, 0.1) is 7.11 Å². The summed E-state index contributed by atoms with van der Waals surface area (Å²) >= 11 is 1.02. The van der Waals surface area contributed by atoms with E-state index >= 15 is 0 Å². The number of nitrogens with one attached hydrogen (secondary N) is 3. The van der Waals surface area contributed by atoms with Crippen LogP contribution >= 0.6 is 11.3 Å². The van der Waals surface area contributed by atoms with Crippen molar-refractivity contribution >= 4 is 39.0 Å². The van der Waals surface area contributed by atoms with Crippen LogP contribution in [0.1, 0.15) is 22.4 Å². The zero-order valence-corrected chi connectivity index (χ0v) is 16.3. The van der Waals surface area contributed by atoms with Gasteiger partial charge in [0.15, 0.2) is 0 Å². The first-order chi connectivity index (χ1) is 12.4. The average Bonchev–Trinajstić information content (AvgIpc) is 3.09. The van der Waals surface area contributed by atoms with E-state index in [1.54, 1.807) is 13.0 Å². The van der Waals surface area contributed by atoms with Crippen LogP contribution in [0.3, 0.4) is 0 Å². The molecule has 0 aromatic carbocycles. The molecule has 0 bridgehead atoms. The first-order valence-electron chi connectivity index (χ1n) is 7.86. The first-order valence-corrected chi connectivity index (χ1v) is 10.2. The third-order valence-corrected chi connectivity index (χ3v) is 5.74. The highest BCUT2D eigenvalue weighted by Crippen LogP contribution is 2.22. The number of rotatable bonds is 9. The molecule has 0 fully saturated rings. The van der Waals surface area contributed by atoms with E-state index in [1.807, 2.05) is 6.92 Å². The summed E-state index contributed by atoms with van der Waals surface area (Å²) in [5.41, 5.74) is 0. The van der Waals surface area contributed by atoms with Crippen molar-refractivity contribution in [2.24, 2.45) is 0 Å². The molecule has 26 heavy (non-hydrogen) atoms. The minimum absolute atomic E-state index is 0.0506. The van der Waals surface area contributed by atoms with Gasteiger partial charge in [-0.2, -0.15) is 0 Å². The normalized spacial score (nSPS) is 11.2. The van der Waals surface area contributed by atoms with Crippen LogP contribution in [0.2, 0.25) is 0 Å². The van der Waals surface area contributed by atoms with Crippen LogP contribution in [-0.2, 0) is 14.8 Å². The van der Waals surface area contributed by atoms with Crippen molar-refractivity contribution in [1.29, 1.82) is 0 Å². The Morgan fingerprint density at radius 2 is 1.92 bits per heavy atom. The van der Waals surface area contributed by atoms with Gasteiger partial charge in [0.25, 0.3) is 0 Å². The van der Waals surface area contributed by atoms with Crippen molar-refractivity contribution in [2.45, 2.75) is 18.7 Å². The number of carbonyl (C=O) groups is 1. The Hall–Kier alpha value is -2.24. The smallest absolute Gasteiger partial charge is 0.349 e. The van der Waals surface area contributed by atoms with E-state index in [2.05, 4.69) is 30.1 Å². The Bertz CT molecular complexity index is 867. The summed E-state index contributed by atoms with van der Waals surface area (Å²) in [4.78, 5) is 20.1. The molecule has 2 aromatic heterocycles. The van der Waals surface area contributed by atoms with Gasteiger partial charge in [-0.1, -0.05) is 0 Å². The molecule has 0 saturated heterocycles. The zero-order chi connectivity index (χ0) is 19.2. The summed E-state index contributed by atoms with van der Waals surface area (Å²) in [6, 6.07) is 3.13. The molecule has 2 heterocycles. The number of hydrogen-bond acceptors (Lipinski definition) is 9. The molecule has 11 heteroatoms. The number of ether oxygens (including phenoxy) is 1. The SMILES string of the molecule is CCNc1cc(NCCNS(=O)(=O)c2ccsc2C(=O)OC)nc(C)n1. The second-order valence-electron chi connectivity index (χ2n) is 5.15. The van der Waals surface area contributed by atoms with E-state index in [9.17, 15) is 13.2 Å². The van der Waals surface area contributed by atoms with E-state index in [0.29, 0.717) is 24.0 Å². The van der Waals surface area contributed by atoms with Crippen molar-refractivity contribution in [3.8, 4) is 0 Å². The van der Waals surface area contributed by atoms with E-state index in [1.165, 1.54) is 18.6 Å². The molecule has 3 N–H and O–H groups in total. The molecule has 0 saturated carbocycles. The van der Waals surface area contributed by atoms with Crippen LogP contribution in [-0.4, -0.2) is 51.1 Å². The Balaban J connectivity index is 1.95. The predicted octanol–water partition coefficient (Wildman–Crippen LogP) is 1.46. The number of methoxy groups -OCH3 is 1. The van der Waals surface area contributed by atoms with Gasteiger partial charge in [-0.3, -0.25) is 0 Å². The van der Waals surface area contributed by atoms with E-state index in [4.69, 9.17) is 0 Å². The highest BCUT2D eigenvalue weighted by molar-refractivity contribution is 7.89. The summed E-state index contributed by atoms with van der Waals surface area (Å²) < 4.78 is 31.8. The molecule has 0 spiro atoms. The Labute approximate surface area is 156 Å². The topological polar surface area (TPSA) is 122 Å². The average molecular weight is 399 g/mol. The maximum absolute atomic E-state index is 12.4. The second kappa shape index (κ2) is 8.92. The van der Waals surface area contributed by atoms with Gasteiger partial charge >= 0.3 is 5.97 Å². The third kappa shape index (κ3) is 5.13. The monoisotopic (exact) mass is 399 g/mol. The lowest BCUT2D eigenvalue weighted by Crippen LogP contribution is -2.29. The predicted molar refractivity (Wildman–Crippen MR) is 100 cm³/mol. The van der Waals surface area contributed by atoms with Crippen LogP contribution in [0.25, 0.3) is 0 Å². The van der Waals surface area contributed by atoms with Crippen molar-refractivity contribution in [3.05, 3.63) is 28.2 Å². The molecular weight excluding hydrogens is 378 g/mol. The Morgan fingerprint density at radius 1 is 1.23 bits per heavy atom. The molecule has 0 unspecified atom stereocenters. The number of thiophene rings is 1. The molecule has 0 amide bonds. The van der Waals surface area contributed by atoms with Crippen LogP contribution in [0.4, 0.5) is 11.6 Å². The standard InChI is InChI=1S/C15H21N5O4S2/c1-4-16-12-9-13(20-10(2)19-12)17-6-7-18-26(22,23)11-5-8-25-14(11)15(21)24-3/h5,8-9,18H,4,6-7H2,1-3H3,(H2,16,17,19,20). The zero-order valence-electron chi connectivity index (χ0n) is 14.7. The Kier molecular flexibility index (Phi) is 6.89. The number of hydrogen-bond donors (Lipinski definition) is 3. The lowest BCUT2D eigenvalue weighted by Gasteiger charge is -2.10. The largest absolute Gasteiger partial charge is 0.465 e. The quantitative estimate of drug-likeness (QED) is 0.428. The molecule has 0 radical (unpaired) electrons. The number of nitrogens with zero attached hydrogens (tertiary/aromatic N) is 2. The summed E-state index contributed by atoms with van der Waals surface area (Å²) in [5, 5.41) is 7.68. The fraction of sp³-hybridized carbons (Fsp3) is 0.400. The van der Waals surface area contributed by atoms with E-state index in [0.717, 1.165) is 17.9 Å². The molecule has 0 aliphatic heterocycles. The lowest BCUT2D eigenvalue weighted by molar-refractivity contribution is 0.0602. The molecule has 0 aliphatic carbocycles. The minimum atomic E-state index is -3.81. The van der Waals surface area contributed by atoms with Gasteiger partial charge < -0.3 is 15.4 Å². The van der Waals surface area contributed by atoms with E-state index in [-0.39, 0.29) is 16.3 Å². The van der Waals surface area contributed by atoms with Crippen LogP contribution in [0.15, 0.2) is 22.4 Å². The summed E-state index contributed by atoms with van der Waals surface area (Å²) in [7, 11) is -2.60. The molecule has 142 valence electrons. The third-order valence-electron chi connectivity index (χ3n) is 3.21. The highest BCUT2D eigenvalue weighted by Gasteiger charge is 2.24. The van der Waals surface area contributed by atoms with Crippen LogP contribution in [0, 0.1) is 6.92 Å². The molecule has 0 atom stereocenters. The highest BCUT2D eigenvalue weighted by atomic mass is 32.2. The van der Waals surface area contributed by atoms with Crippen molar-refractivity contribution in [2.75, 3.05) is 37.4 Å². The number of esters is 1. The van der Waals surface area contributed by atoms with Crippen molar-refractivity contribution in [1.82, 2.24) is 14.7 Å². The number of anilines is 2. The fourth-order valence-corrected chi connectivity index (χ4v) is 4.50. The minimum Gasteiger partial charge on any atom is -0.465 e. The number of sulfonamides is 1. The lowest BCUT2D eigenvalue weighted by atomic mass is 10.4. The molecule has 2 rings (SSSR count). The van der Waals surface area contributed by atoms with Crippen molar-refractivity contribution < 1.29 is 17.9 Å². The number of carbonyl (C=O) groups excluding carboxylic acids is 1. The maximum Gasteiger partial charge on any atom is 0.349 e. The van der Waals surface area contributed by atoms with Gasteiger partial charge in [0, 0.05) is 25.7 Å². The number of aryl methyl sites for hydroxylation is 1. The first kappa shape index (κ1) is 20.1. The molecule has 0 aliphatic rings. The fourth-order valence-electron chi connectivity index (χ4n) is 2.13. The summed E-state index contributed by atoms with van der Waals surface area (Å²) in [6.07, 6.45) is 0. The van der Waals surface area contributed by atoms with Crippen LogP contribution in [0.5, 0.6) is 0 Å². The maximum atomic E-state index is 12.4.